The number of benzene rings is 2. The number of amides is 1. The lowest BCUT2D eigenvalue weighted by atomic mass is 10.2. The molecule has 1 aliphatic rings. The second-order valence-electron chi connectivity index (χ2n) is 6.96. The van der Waals surface area contributed by atoms with Gasteiger partial charge in [0.1, 0.15) is 0 Å². The van der Waals surface area contributed by atoms with Crippen LogP contribution in [-0.2, 0) is 10.0 Å². The summed E-state index contributed by atoms with van der Waals surface area (Å²) in [5.41, 5.74) is 1.72. The maximum Gasteiger partial charge on any atom is 0.257 e. The summed E-state index contributed by atoms with van der Waals surface area (Å²) in [6, 6.07) is 13.5. The molecule has 0 atom stereocenters. The maximum atomic E-state index is 12.9. The molecule has 1 aromatic heterocycles. The van der Waals surface area contributed by atoms with Crippen molar-refractivity contribution in [3.8, 4) is 11.3 Å². The number of aromatic nitrogens is 1. The zero-order valence-corrected chi connectivity index (χ0v) is 18.4. The van der Waals surface area contributed by atoms with Crippen LogP contribution in [0.3, 0.4) is 0 Å². The number of anilines is 1. The minimum atomic E-state index is -3.60. The quantitative estimate of drug-likeness (QED) is 0.586. The van der Waals surface area contributed by atoms with Crippen LogP contribution in [0.25, 0.3) is 11.3 Å². The standard InChI is InChI=1S/C21H20ClN3O3S2/c22-18-10-3-2-9-17(18)19-14-29-21(23-19)24-20(26)15-7-6-8-16(13-15)30(27,28)25-11-4-1-5-12-25/h2-3,6-10,13-14H,1,4-5,11-12H2,(H,23,24,26). The summed E-state index contributed by atoms with van der Waals surface area (Å²) in [4.78, 5) is 17.3. The molecular weight excluding hydrogens is 442 g/mol. The minimum Gasteiger partial charge on any atom is -0.298 e. The summed E-state index contributed by atoms with van der Waals surface area (Å²) in [5, 5.41) is 5.55. The van der Waals surface area contributed by atoms with Crippen LogP contribution >= 0.6 is 22.9 Å². The maximum absolute atomic E-state index is 12.9. The van der Waals surface area contributed by atoms with Crippen LogP contribution in [0, 0.1) is 0 Å². The van der Waals surface area contributed by atoms with E-state index in [9.17, 15) is 13.2 Å². The predicted molar refractivity (Wildman–Crippen MR) is 120 cm³/mol. The molecular formula is C21H20ClN3O3S2. The first-order valence-electron chi connectivity index (χ1n) is 9.57. The first-order valence-corrected chi connectivity index (χ1v) is 12.3. The van der Waals surface area contributed by atoms with Gasteiger partial charge in [-0.1, -0.05) is 42.3 Å². The monoisotopic (exact) mass is 461 g/mol. The van der Waals surface area contributed by atoms with Gasteiger partial charge in [0, 0.05) is 34.6 Å². The molecule has 0 aliphatic carbocycles. The van der Waals surface area contributed by atoms with Crippen molar-refractivity contribution in [1.29, 1.82) is 0 Å². The normalized spacial score (nSPS) is 15.1. The van der Waals surface area contributed by atoms with Crippen molar-refractivity contribution < 1.29 is 13.2 Å². The van der Waals surface area contributed by atoms with E-state index in [0.29, 0.717) is 28.9 Å². The van der Waals surface area contributed by atoms with Gasteiger partial charge in [0.25, 0.3) is 5.91 Å². The Kier molecular flexibility index (Phi) is 6.19. The Morgan fingerprint density at radius 1 is 1.07 bits per heavy atom. The van der Waals surface area contributed by atoms with Crippen molar-refractivity contribution >= 4 is 44.0 Å². The lowest BCUT2D eigenvalue weighted by molar-refractivity contribution is 0.102. The molecule has 2 heterocycles. The molecule has 0 spiro atoms. The van der Waals surface area contributed by atoms with Crippen LogP contribution in [0.4, 0.5) is 5.13 Å². The number of carbonyl (C=O) groups excluding carboxylic acids is 1. The lowest BCUT2D eigenvalue weighted by Gasteiger charge is -2.26. The topological polar surface area (TPSA) is 79.4 Å². The second kappa shape index (κ2) is 8.85. The molecule has 6 nitrogen and oxygen atoms in total. The highest BCUT2D eigenvalue weighted by Gasteiger charge is 2.26. The molecule has 9 heteroatoms. The van der Waals surface area contributed by atoms with Crippen LogP contribution in [0.1, 0.15) is 29.6 Å². The zero-order chi connectivity index (χ0) is 21.1. The van der Waals surface area contributed by atoms with E-state index in [0.717, 1.165) is 24.8 Å². The first kappa shape index (κ1) is 21.0. The number of carbonyl (C=O) groups is 1. The number of nitrogens with one attached hydrogen (secondary N) is 1. The Morgan fingerprint density at radius 2 is 1.83 bits per heavy atom. The van der Waals surface area contributed by atoms with E-state index in [2.05, 4.69) is 10.3 Å². The molecule has 4 rings (SSSR count). The van der Waals surface area contributed by atoms with Crippen LogP contribution in [-0.4, -0.2) is 36.7 Å². The van der Waals surface area contributed by atoms with Gasteiger partial charge < -0.3 is 0 Å². The minimum absolute atomic E-state index is 0.132. The Balaban J connectivity index is 1.52. The Labute approximate surface area is 184 Å². The van der Waals surface area contributed by atoms with Gasteiger partial charge in [0.05, 0.1) is 10.6 Å². The number of piperidine rings is 1. The molecule has 156 valence electrons. The largest absolute Gasteiger partial charge is 0.298 e. The molecule has 1 N–H and O–H groups in total. The van der Waals surface area contributed by atoms with Gasteiger partial charge in [-0.3, -0.25) is 10.1 Å². The zero-order valence-electron chi connectivity index (χ0n) is 16.0. The van der Waals surface area contributed by atoms with Gasteiger partial charge in [0.15, 0.2) is 5.13 Å². The fourth-order valence-electron chi connectivity index (χ4n) is 3.35. The van der Waals surface area contributed by atoms with Crippen LogP contribution < -0.4 is 5.32 Å². The number of thiazole rings is 1. The SMILES string of the molecule is O=C(Nc1nc(-c2ccccc2Cl)cs1)c1cccc(S(=O)(=O)N2CCCCC2)c1. The van der Waals surface area contributed by atoms with Gasteiger partial charge in [-0.15, -0.1) is 11.3 Å². The molecule has 2 aromatic carbocycles. The summed E-state index contributed by atoms with van der Waals surface area (Å²) >= 11 is 7.49. The number of hydrogen-bond donors (Lipinski definition) is 1. The van der Waals surface area contributed by atoms with E-state index in [-0.39, 0.29) is 10.5 Å². The third kappa shape index (κ3) is 4.41. The van der Waals surface area contributed by atoms with E-state index in [4.69, 9.17) is 11.6 Å². The highest BCUT2D eigenvalue weighted by Crippen LogP contribution is 2.30. The molecule has 0 saturated carbocycles. The molecule has 0 unspecified atom stereocenters. The Bertz CT molecular complexity index is 1170. The van der Waals surface area contributed by atoms with Crippen molar-refractivity contribution in [2.24, 2.45) is 0 Å². The molecule has 1 aliphatic heterocycles. The van der Waals surface area contributed by atoms with Gasteiger partial charge in [-0.2, -0.15) is 4.31 Å². The first-order chi connectivity index (χ1) is 14.4. The molecule has 0 bridgehead atoms. The number of nitrogens with zero attached hydrogens (tertiary/aromatic N) is 2. The Hall–Kier alpha value is -2.26. The number of rotatable bonds is 5. The van der Waals surface area contributed by atoms with E-state index in [1.54, 1.807) is 18.2 Å². The smallest absolute Gasteiger partial charge is 0.257 e. The lowest BCUT2D eigenvalue weighted by Crippen LogP contribution is -2.35. The fraction of sp³-hybridized carbons (Fsp3) is 0.238. The summed E-state index contributed by atoms with van der Waals surface area (Å²) in [6.07, 6.45) is 2.76. The van der Waals surface area contributed by atoms with E-state index in [1.807, 2.05) is 23.6 Å². The van der Waals surface area contributed by atoms with Gasteiger partial charge in [-0.05, 0) is 37.1 Å². The molecule has 30 heavy (non-hydrogen) atoms. The van der Waals surface area contributed by atoms with Crippen molar-refractivity contribution in [2.75, 3.05) is 18.4 Å². The third-order valence-corrected chi connectivity index (χ3v) is 7.91. The molecule has 1 fully saturated rings. The molecule has 1 saturated heterocycles. The number of sulfonamides is 1. The van der Waals surface area contributed by atoms with Crippen molar-refractivity contribution in [1.82, 2.24) is 9.29 Å². The van der Waals surface area contributed by atoms with Gasteiger partial charge >= 0.3 is 0 Å². The molecule has 3 aromatic rings. The van der Waals surface area contributed by atoms with E-state index in [1.165, 1.54) is 27.8 Å². The second-order valence-corrected chi connectivity index (χ2v) is 10.2. The Morgan fingerprint density at radius 3 is 2.60 bits per heavy atom. The van der Waals surface area contributed by atoms with E-state index >= 15 is 0 Å². The summed E-state index contributed by atoms with van der Waals surface area (Å²) in [5.74, 6) is -0.411. The van der Waals surface area contributed by atoms with Gasteiger partial charge in [-0.25, -0.2) is 13.4 Å². The average Bonchev–Trinajstić information content (AvgIpc) is 3.23. The van der Waals surface area contributed by atoms with Crippen LogP contribution in [0.5, 0.6) is 0 Å². The summed E-state index contributed by atoms with van der Waals surface area (Å²) in [6.45, 7) is 1.03. The van der Waals surface area contributed by atoms with Crippen molar-refractivity contribution in [3.63, 3.8) is 0 Å². The van der Waals surface area contributed by atoms with Gasteiger partial charge in [0.2, 0.25) is 10.0 Å². The van der Waals surface area contributed by atoms with Crippen LogP contribution in [0.2, 0.25) is 5.02 Å². The number of hydrogen-bond acceptors (Lipinski definition) is 5. The van der Waals surface area contributed by atoms with Crippen LogP contribution in [0.15, 0.2) is 58.8 Å². The van der Waals surface area contributed by atoms with E-state index < -0.39 is 15.9 Å². The fourth-order valence-corrected chi connectivity index (χ4v) is 5.85. The average molecular weight is 462 g/mol. The van der Waals surface area contributed by atoms with Crippen molar-refractivity contribution in [2.45, 2.75) is 24.2 Å². The highest BCUT2D eigenvalue weighted by atomic mass is 35.5. The third-order valence-electron chi connectivity index (χ3n) is 4.92. The predicted octanol–water partition coefficient (Wildman–Crippen LogP) is 4.89. The summed E-state index contributed by atoms with van der Waals surface area (Å²) in [7, 11) is -3.60. The number of halogens is 1. The highest BCUT2D eigenvalue weighted by molar-refractivity contribution is 7.89. The molecule has 0 radical (unpaired) electrons. The molecule has 1 amide bonds. The summed E-state index contributed by atoms with van der Waals surface area (Å²) < 4.78 is 27.3. The van der Waals surface area contributed by atoms with Crippen molar-refractivity contribution in [3.05, 3.63) is 64.5 Å².